The maximum absolute atomic E-state index is 11.8. The molecule has 16 heavy (non-hydrogen) atoms. The molecule has 0 aliphatic carbocycles. The average Bonchev–Trinajstić information content (AvgIpc) is 2.27. The lowest BCUT2D eigenvalue weighted by Crippen LogP contribution is -2.51. The number of sulfonamides is 1. The highest BCUT2D eigenvalue weighted by molar-refractivity contribution is 7.90. The average molecular weight is 252 g/mol. The first-order chi connectivity index (χ1) is 7.39. The minimum atomic E-state index is -3.81. The fraction of sp³-hybridized carbons (Fsp3) is 0.875. The Morgan fingerprint density at radius 3 is 2.81 bits per heavy atom. The van der Waals surface area contributed by atoms with E-state index in [1.54, 1.807) is 0 Å². The summed E-state index contributed by atoms with van der Waals surface area (Å²) in [7, 11) is -3.81. The minimum absolute atomic E-state index is 0.121. The van der Waals surface area contributed by atoms with Crippen molar-refractivity contribution in [3.8, 4) is 0 Å². The van der Waals surface area contributed by atoms with Gasteiger partial charge >= 0.3 is 5.97 Å². The lowest BCUT2D eigenvalue weighted by atomic mass is 10.3. The van der Waals surface area contributed by atoms with Gasteiger partial charge < -0.3 is 15.6 Å². The van der Waals surface area contributed by atoms with Gasteiger partial charge in [-0.15, -0.1) is 0 Å². The van der Waals surface area contributed by atoms with E-state index in [-0.39, 0.29) is 32.3 Å². The van der Waals surface area contributed by atoms with Gasteiger partial charge in [0.05, 0.1) is 12.7 Å². The minimum Gasteiger partial charge on any atom is -0.480 e. The Morgan fingerprint density at radius 2 is 2.31 bits per heavy atom. The fourth-order valence-electron chi connectivity index (χ4n) is 1.42. The lowest BCUT2D eigenvalue weighted by molar-refractivity contribution is -0.136. The molecule has 0 spiro atoms. The maximum atomic E-state index is 11.8. The second kappa shape index (κ2) is 5.09. The third kappa shape index (κ3) is 2.70. The van der Waals surface area contributed by atoms with Crippen molar-refractivity contribution in [3.05, 3.63) is 0 Å². The molecule has 0 aromatic carbocycles. The number of nitrogens with zero attached hydrogens (tertiary/aromatic N) is 1. The van der Waals surface area contributed by atoms with Crippen molar-refractivity contribution in [1.82, 2.24) is 4.31 Å². The maximum Gasteiger partial charge on any atom is 0.323 e. The van der Waals surface area contributed by atoms with Crippen LogP contribution in [0.25, 0.3) is 0 Å². The van der Waals surface area contributed by atoms with Crippen LogP contribution >= 0.6 is 0 Å². The molecule has 0 bridgehead atoms. The van der Waals surface area contributed by atoms with E-state index in [9.17, 15) is 13.2 Å². The van der Waals surface area contributed by atoms with E-state index in [0.29, 0.717) is 0 Å². The Kier molecular flexibility index (Phi) is 4.25. The van der Waals surface area contributed by atoms with Crippen molar-refractivity contribution in [1.29, 1.82) is 0 Å². The molecule has 1 saturated heterocycles. The van der Waals surface area contributed by atoms with Crippen LogP contribution in [0, 0.1) is 0 Å². The third-order valence-corrected chi connectivity index (χ3v) is 4.67. The molecule has 0 aromatic heterocycles. The fourth-order valence-corrected chi connectivity index (χ4v) is 2.82. The van der Waals surface area contributed by atoms with Crippen molar-refractivity contribution in [2.75, 3.05) is 26.2 Å². The predicted octanol–water partition coefficient (Wildman–Crippen LogP) is -1.55. The molecular weight excluding hydrogens is 236 g/mol. The number of nitrogens with two attached hydrogens (primary N) is 1. The zero-order chi connectivity index (χ0) is 12.3. The first-order valence-electron chi connectivity index (χ1n) is 4.93. The van der Waals surface area contributed by atoms with Crippen LogP contribution < -0.4 is 5.73 Å². The van der Waals surface area contributed by atoms with E-state index < -0.39 is 21.2 Å². The summed E-state index contributed by atoms with van der Waals surface area (Å²) in [5, 5.41) is 7.27. The highest BCUT2D eigenvalue weighted by atomic mass is 32.2. The Morgan fingerprint density at radius 1 is 1.69 bits per heavy atom. The van der Waals surface area contributed by atoms with Crippen LogP contribution in [-0.4, -0.2) is 61.4 Å². The van der Waals surface area contributed by atoms with E-state index in [4.69, 9.17) is 15.6 Å². The number of hydrogen-bond acceptors (Lipinski definition) is 5. The molecule has 2 unspecified atom stereocenters. The molecule has 0 saturated carbocycles. The Labute approximate surface area is 94.2 Å². The Balaban J connectivity index is 2.79. The van der Waals surface area contributed by atoms with E-state index in [2.05, 4.69) is 0 Å². The molecule has 1 rings (SSSR count). The van der Waals surface area contributed by atoms with Gasteiger partial charge in [0.2, 0.25) is 10.0 Å². The molecule has 8 heteroatoms. The molecule has 0 aromatic rings. The second-order valence-corrected chi connectivity index (χ2v) is 5.87. The normalized spacial score (nSPS) is 25.2. The number of carbonyl (C=O) groups is 1. The first-order valence-corrected chi connectivity index (χ1v) is 6.43. The third-order valence-electron chi connectivity index (χ3n) is 2.52. The van der Waals surface area contributed by atoms with Crippen LogP contribution in [0.1, 0.15) is 6.92 Å². The van der Waals surface area contributed by atoms with Crippen LogP contribution in [0.4, 0.5) is 0 Å². The van der Waals surface area contributed by atoms with Gasteiger partial charge in [0.15, 0.2) is 5.25 Å². The zero-order valence-corrected chi connectivity index (χ0v) is 9.81. The number of morpholine rings is 1. The van der Waals surface area contributed by atoms with Gasteiger partial charge in [-0.25, -0.2) is 8.42 Å². The van der Waals surface area contributed by atoms with Gasteiger partial charge in [0, 0.05) is 19.6 Å². The molecule has 2 atom stereocenters. The van der Waals surface area contributed by atoms with Crippen molar-refractivity contribution >= 4 is 16.0 Å². The topological polar surface area (TPSA) is 110 Å². The molecule has 1 aliphatic heterocycles. The largest absolute Gasteiger partial charge is 0.480 e. The number of ether oxygens (including phenoxy) is 1. The van der Waals surface area contributed by atoms with Crippen LogP contribution in [0.2, 0.25) is 0 Å². The van der Waals surface area contributed by atoms with Gasteiger partial charge in [0.25, 0.3) is 0 Å². The molecule has 1 aliphatic rings. The predicted molar refractivity (Wildman–Crippen MR) is 56.4 cm³/mol. The van der Waals surface area contributed by atoms with Gasteiger partial charge in [-0.05, 0) is 6.92 Å². The van der Waals surface area contributed by atoms with Crippen molar-refractivity contribution in [2.45, 2.75) is 18.3 Å². The molecule has 3 N–H and O–H groups in total. The highest BCUT2D eigenvalue weighted by Gasteiger charge is 2.36. The molecule has 0 radical (unpaired) electrons. The molecule has 1 fully saturated rings. The van der Waals surface area contributed by atoms with E-state index in [1.807, 2.05) is 0 Å². The number of aliphatic carboxylic acids is 1. The Bertz CT molecular complexity index is 355. The lowest BCUT2D eigenvalue weighted by Gasteiger charge is -2.32. The molecule has 7 nitrogen and oxygen atoms in total. The smallest absolute Gasteiger partial charge is 0.323 e. The number of carboxylic acid groups (broad SMARTS) is 1. The summed E-state index contributed by atoms with van der Waals surface area (Å²) in [4.78, 5) is 10.7. The number of hydrogen-bond donors (Lipinski definition) is 2. The molecular formula is C8H16N2O5S. The van der Waals surface area contributed by atoms with Crippen LogP contribution in [0.15, 0.2) is 0 Å². The van der Waals surface area contributed by atoms with Crippen molar-refractivity contribution in [3.63, 3.8) is 0 Å². The van der Waals surface area contributed by atoms with Crippen LogP contribution in [0.3, 0.4) is 0 Å². The van der Waals surface area contributed by atoms with E-state index in [1.165, 1.54) is 0 Å². The first kappa shape index (κ1) is 13.4. The highest BCUT2D eigenvalue weighted by Crippen LogP contribution is 2.14. The van der Waals surface area contributed by atoms with Gasteiger partial charge in [0.1, 0.15) is 0 Å². The standard InChI is InChI=1S/C8H16N2O5S/c1-6(8(11)12)16(13,14)10-2-3-15-7(4-9)5-10/h6-7H,2-5,9H2,1H3,(H,11,12). The number of rotatable bonds is 4. The zero-order valence-electron chi connectivity index (χ0n) is 9.00. The number of carboxylic acids is 1. The van der Waals surface area contributed by atoms with Crippen molar-refractivity contribution < 1.29 is 23.1 Å². The van der Waals surface area contributed by atoms with Crippen LogP contribution in [-0.2, 0) is 19.6 Å². The van der Waals surface area contributed by atoms with E-state index in [0.717, 1.165) is 11.2 Å². The van der Waals surface area contributed by atoms with Gasteiger partial charge in [-0.1, -0.05) is 0 Å². The van der Waals surface area contributed by atoms with E-state index >= 15 is 0 Å². The molecule has 0 amide bonds. The summed E-state index contributed by atoms with van der Waals surface area (Å²) < 4.78 is 30.0. The summed E-state index contributed by atoms with van der Waals surface area (Å²) in [6.45, 7) is 1.92. The summed E-state index contributed by atoms with van der Waals surface area (Å²) in [6, 6.07) is 0. The summed E-state index contributed by atoms with van der Waals surface area (Å²) in [5.41, 5.74) is 5.38. The second-order valence-electron chi connectivity index (χ2n) is 3.61. The summed E-state index contributed by atoms with van der Waals surface area (Å²) in [6.07, 6.45) is -0.357. The van der Waals surface area contributed by atoms with Crippen molar-refractivity contribution in [2.24, 2.45) is 5.73 Å². The quantitative estimate of drug-likeness (QED) is 0.626. The Hall–Kier alpha value is -0.700. The summed E-state index contributed by atoms with van der Waals surface area (Å²) in [5.74, 6) is -1.35. The SMILES string of the molecule is CC(C(=O)O)S(=O)(=O)N1CCOC(CN)C1. The van der Waals surface area contributed by atoms with Crippen LogP contribution in [0.5, 0.6) is 0 Å². The van der Waals surface area contributed by atoms with Gasteiger partial charge in [-0.3, -0.25) is 4.79 Å². The molecule has 94 valence electrons. The monoisotopic (exact) mass is 252 g/mol. The van der Waals surface area contributed by atoms with Gasteiger partial charge in [-0.2, -0.15) is 4.31 Å². The summed E-state index contributed by atoms with van der Waals surface area (Å²) >= 11 is 0. The molecule has 1 heterocycles.